The van der Waals surface area contributed by atoms with Gasteiger partial charge in [0.15, 0.2) is 10.9 Å². The molecule has 0 amide bonds. The molecule has 0 fully saturated rings. The number of hydrogen-bond donors (Lipinski definition) is 1. The minimum absolute atomic E-state index is 0.0443. The molecule has 0 aliphatic carbocycles. The van der Waals surface area contributed by atoms with Gasteiger partial charge < -0.3 is 9.73 Å². The fourth-order valence-corrected chi connectivity index (χ4v) is 2.49. The smallest absolute Gasteiger partial charge is 0.218 e. The van der Waals surface area contributed by atoms with Gasteiger partial charge in [0.1, 0.15) is 5.76 Å². The molecule has 118 valence electrons. The molecule has 23 heavy (non-hydrogen) atoms. The molecule has 1 N–H and O–H groups in total. The summed E-state index contributed by atoms with van der Waals surface area (Å²) >= 11 is 1.51. The molecule has 0 saturated carbocycles. The third-order valence-electron chi connectivity index (χ3n) is 2.98. The number of hydrogen-bond acceptors (Lipinski definition) is 7. The van der Waals surface area contributed by atoms with Crippen molar-refractivity contribution < 1.29 is 4.42 Å². The van der Waals surface area contributed by atoms with Gasteiger partial charge in [-0.1, -0.05) is 32.1 Å². The lowest BCUT2D eigenvalue weighted by Gasteiger charge is -2.12. The van der Waals surface area contributed by atoms with Crippen molar-refractivity contribution in [1.29, 1.82) is 0 Å². The van der Waals surface area contributed by atoms with Crippen molar-refractivity contribution in [2.75, 3.05) is 5.32 Å². The SMILES string of the molecule is CC(C)(C)c1cnc(/C=C/c2cnc(Nc3cccnn3)s2)o1. The van der Waals surface area contributed by atoms with Crippen LogP contribution in [0.15, 0.2) is 35.1 Å². The summed E-state index contributed by atoms with van der Waals surface area (Å²) in [6.45, 7) is 6.28. The van der Waals surface area contributed by atoms with Crippen LogP contribution in [0.25, 0.3) is 12.2 Å². The second-order valence-corrected chi connectivity index (χ2v) is 7.01. The molecule has 3 aromatic rings. The molecule has 0 saturated heterocycles. The molecule has 0 aromatic carbocycles. The van der Waals surface area contributed by atoms with Crippen LogP contribution in [-0.4, -0.2) is 20.2 Å². The first kappa shape index (κ1) is 15.4. The van der Waals surface area contributed by atoms with E-state index in [1.807, 2.05) is 24.3 Å². The normalized spacial score (nSPS) is 12.0. The van der Waals surface area contributed by atoms with E-state index in [4.69, 9.17) is 4.42 Å². The molecule has 0 spiro atoms. The van der Waals surface area contributed by atoms with Gasteiger partial charge in [0.2, 0.25) is 5.89 Å². The number of nitrogens with one attached hydrogen (secondary N) is 1. The van der Waals surface area contributed by atoms with Crippen LogP contribution in [0.3, 0.4) is 0 Å². The third-order valence-corrected chi connectivity index (χ3v) is 3.86. The average Bonchev–Trinajstić information content (AvgIpc) is 3.15. The van der Waals surface area contributed by atoms with E-state index in [1.165, 1.54) is 11.3 Å². The summed E-state index contributed by atoms with van der Waals surface area (Å²) in [5.41, 5.74) is -0.0443. The van der Waals surface area contributed by atoms with Crippen molar-refractivity contribution in [1.82, 2.24) is 20.2 Å². The summed E-state index contributed by atoms with van der Waals surface area (Å²) in [4.78, 5) is 9.57. The number of rotatable bonds is 4. The Morgan fingerprint density at radius 2 is 2.04 bits per heavy atom. The van der Waals surface area contributed by atoms with Crippen molar-refractivity contribution in [3.05, 3.63) is 47.3 Å². The number of thiazole rings is 1. The molecular weight excluding hydrogens is 310 g/mol. The predicted molar refractivity (Wildman–Crippen MR) is 91.6 cm³/mol. The van der Waals surface area contributed by atoms with E-state index in [1.54, 1.807) is 18.6 Å². The molecule has 0 radical (unpaired) electrons. The molecule has 6 nitrogen and oxygen atoms in total. The Morgan fingerprint density at radius 1 is 1.17 bits per heavy atom. The highest BCUT2D eigenvalue weighted by Crippen LogP contribution is 2.25. The van der Waals surface area contributed by atoms with Crippen molar-refractivity contribution in [2.45, 2.75) is 26.2 Å². The second-order valence-electron chi connectivity index (χ2n) is 5.95. The minimum Gasteiger partial charge on any atom is -0.441 e. The molecule has 0 unspecified atom stereocenters. The lowest BCUT2D eigenvalue weighted by Crippen LogP contribution is -2.09. The first-order valence-electron chi connectivity index (χ1n) is 7.16. The lowest BCUT2D eigenvalue weighted by molar-refractivity contribution is 0.403. The van der Waals surface area contributed by atoms with Crippen LogP contribution < -0.4 is 5.32 Å². The van der Waals surface area contributed by atoms with E-state index in [2.05, 4.69) is 46.3 Å². The quantitative estimate of drug-likeness (QED) is 0.776. The van der Waals surface area contributed by atoms with E-state index in [-0.39, 0.29) is 5.41 Å². The standard InChI is InChI=1S/C16H17N5OS/c1-16(2,3)12-10-17-14(22-12)7-6-11-9-18-15(23-11)20-13-5-4-8-19-21-13/h4-10H,1-3H3,(H,18,20,21)/b7-6+. The van der Waals surface area contributed by atoms with Gasteiger partial charge in [-0.2, -0.15) is 5.10 Å². The highest BCUT2D eigenvalue weighted by Gasteiger charge is 2.18. The van der Waals surface area contributed by atoms with Crippen LogP contribution in [0.2, 0.25) is 0 Å². The van der Waals surface area contributed by atoms with Crippen LogP contribution in [0.1, 0.15) is 37.3 Å². The van der Waals surface area contributed by atoms with Crippen molar-refractivity contribution in [3.8, 4) is 0 Å². The van der Waals surface area contributed by atoms with Crippen LogP contribution in [-0.2, 0) is 5.41 Å². The van der Waals surface area contributed by atoms with Crippen LogP contribution in [0, 0.1) is 0 Å². The second kappa shape index (κ2) is 6.29. The lowest BCUT2D eigenvalue weighted by atomic mass is 9.94. The molecule has 3 rings (SSSR count). The van der Waals surface area contributed by atoms with Crippen LogP contribution >= 0.6 is 11.3 Å². The third kappa shape index (κ3) is 4.01. The van der Waals surface area contributed by atoms with Crippen LogP contribution in [0.4, 0.5) is 10.9 Å². The van der Waals surface area contributed by atoms with Gasteiger partial charge in [-0.15, -0.1) is 5.10 Å². The topological polar surface area (TPSA) is 76.7 Å². The van der Waals surface area contributed by atoms with E-state index in [0.717, 1.165) is 15.8 Å². The van der Waals surface area contributed by atoms with Gasteiger partial charge in [-0.05, 0) is 18.2 Å². The minimum atomic E-state index is -0.0443. The van der Waals surface area contributed by atoms with E-state index in [9.17, 15) is 0 Å². The zero-order chi connectivity index (χ0) is 16.3. The Labute approximate surface area is 138 Å². The van der Waals surface area contributed by atoms with Gasteiger partial charge in [0, 0.05) is 28.8 Å². The maximum atomic E-state index is 5.72. The Balaban J connectivity index is 1.68. The summed E-state index contributed by atoms with van der Waals surface area (Å²) in [5, 5.41) is 11.6. The fraction of sp³-hybridized carbons (Fsp3) is 0.250. The molecule has 7 heteroatoms. The Bertz CT molecular complexity index is 801. The fourth-order valence-electron chi connectivity index (χ4n) is 1.76. The van der Waals surface area contributed by atoms with Gasteiger partial charge in [-0.25, -0.2) is 9.97 Å². The Hall–Kier alpha value is -2.54. The molecule has 0 bridgehead atoms. The molecule has 0 aliphatic rings. The van der Waals surface area contributed by atoms with E-state index >= 15 is 0 Å². The Morgan fingerprint density at radius 3 is 2.74 bits per heavy atom. The van der Waals surface area contributed by atoms with Crippen LogP contribution in [0.5, 0.6) is 0 Å². The maximum Gasteiger partial charge on any atom is 0.218 e. The van der Waals surface area contributed by atoms with Crippen molar-refractivity contribution in [2.24, 2.45) is 0 Å². The number of oxazole rings is 1. The highest BCUT2D eigenvalue weighted by atomic mass is 32.1. The van der Waals surface area contributed by atoms with E-state index < -0.39 is 0 Å². The summed E-state index contributed by atoms with van der Waals surface area (Å²) < 4.78 is 5.72. The Kier molecular flexibility index (Phi) is 4.20. The molecular formula is C16H17N5OS. The molecule has 3 heterocycles. The summed E-state index contributed by atoms with van der Waals surface area (Å²) in [6.07, 6.45) is 8.96. The zero-order valence-electron chi connectivity index (χ0n) is 13.1. The van der Waals surface area contributed by atoms with Crippen molar-refractivity contribution in [3.63, 3.8) is 0 Å². The van der Waals surface area contributed by atoms with Gasteiger partial charge in [0.05, 0.1) is 6.20 Å². The van der Waals surface area contributed by atoms with E-state index in [0.29, 0.717) is 11.7 Å². The first-order chi connectivity index (χ1) is 11.0. The molecule has 3 aromatic heterocycles. The monoisotopic (exact) mass is 327 g/mol. The number of nitrogens with zero attached hydrogens (tertiary/aromatic N) is 4. The molecule has 0 aliphatic heterocycles. The van der Waals surface area contributed by atoms with Gasteiger partial charge in [0.25, 0.3) is 0 Å². The number of aromatic nitrogens is 4. The summed E-state index contributed by atoms with van der Waals surface area (Å²) in [6, 6.07) is 3.66. The summed E-state index contributed by atoms with van der Waals surface area (Å²) in [7, 11) is 0. The van der Waals surface area contributed by atoms with Gasteiger partial charge in [-0.3, -0.25) is 0 Å². The zero-order valence-corrected chi connectivity index (χ0v) is 14.0. The largest absolute Gasteiger partial charge is 0.441 e. The average molecular weight is 327 g/mol. The highest BCUT2D eigenvalue weighted by molar-refractivity contribution is 7.16. The first-order valence-corrected chi connectivity index (χ1v) is 7.97. The van der Waals surface area contributed by atoms with Crippen molar-refractivity contribution >= 4 is 34.4 Å². The number of anilines is 2. The van der Waals surface area contributed by atoms with Gasteiger partial charge >= 0.3 is 0 Å². The maximum absolute atomic E-state index is 5.72. The molecule has 0 atom stereocenters. The summed E-state index contributed by atoms with van der Waals surface area (Å²) in [5.74, 6) is 2.12. The predicted octanol–water partition coefficient (Wildman–Crippen LogP) is 4.13.